The number of hydrogen-bond donors (Lipinski definition) is 1. The van der Waals surface area contributed by atoms with Crippen molar-refractivity contribution in [1.82, 2.24) is 9.80 Å². The number of carbonyl (C=O) groups is 2. The number of piperidine rings is 1. The zero-order valence-corrected chi connectivity index (χ0v) is 12.5. The third-order valence-electron chi connectivity index (χ3n) is 4.13. The molecule has 0 aromatic heterocycles. The number of carbonyl (C=O) groups excluding carboxylic acids is 1. The van der Waals surface area contributed by atoms with Crippen LogP contribution >= 0.6 is 0 Å². The largest absolute Gasteiger partial charge is 0.480 e. The summed E-state index contributed by atoms with van der Waals surface area (Å²) in [5.74, 6) is -0.905. The molecule has 2 heterocycles. The minimum absolute atomic E-state index is 0.000694. The smallest absolute Gasteiger partial charge is 0.326 e. The topological polar surface area (TPSA) is 70.1 Å². The molecule has 1 N–H and O–H groups in total. The number of ether oxygens (including phenoxy) is 1. The number of likely N-dealkylation sites (tertiary alicyclic amines) is 1. The summed E-state index contributed by atoms with van der Waals surface area (Å²) in [7, 11) is 0. The Balaban J connectivity index is 2.12. The Morgan fingerprint density at radius 3 is 2.60 bits per heavy atom. The average Bonchev–Trinajstić information content (AvgIpc) is 2.35. The molecule has 0 saturated carbocycles. The van der Waals surface area contributed by atoms with Crippen molar-refractivity contribution in [2.24, 2.45) is 5.92 Å². The Kier molecular flexibility index (Phi) is 4.22. The van der Waals surface area contributed by atoms with Gasteiger partial charge in [-0.3, -0.25) is 0 Å². The maximum absolute atomic E-state index is 12.6. The van der Waals surface area contributed by atoms with Gasteiger partial charge in [-0.15, -0.1) is 0 Å². The Bertz CT molecular complexity index is 397. The van der Waals surface area contributed by atoms with E-state index in [1.165, 1.54) is 4.90 Å². The van der Waals surface area contributed by atoms with Gasteiger partial charge in [0.2, 0.25) is 0 Å². The first-order valence-electron chi connectivity index (χ1n) is 7.24. The van der Waals surface area contributed by atoms with Gasteiger partial charge in [0.15, 0.2) is 0 Å². The number of carboxylic acids is 1. The molecule has 0 aromatic rings. The van der Waals surface area contributed by atoms with Crippen LogP contribution in [0.25, 0.3) is 0 Å². The molecule has 20 heavy (non-hydrogen) atoms. The van der Waals surface area contributed by atoms with Crippen molar-refractivity contribution in [3.8, 4) is 0 Å². The third-order valence-corrected chi connectivity index (χ3v) is 4.13. The van der Waals surface area contributed by atoms with Crippen LogP contribution in [0, 0.1) is 5.92 Å². The minimum Gasteiger partial charge on any atom is -0.480 e. The normalized spacial score (nSPS) is 30.1. The van der Waals surface area contributed by atoms with Crippen LogP contribution < -0.4 is 0 Å². The second-order valence-corrected chi connectivity index (χ2v) is 6.41. The Hall–Kier alpha value is -1.30. The van der Waals surface area contributed by atoms with Crippen molar-refractivity contribution in [1.29, 1.82) is 0 Å². The Morgan fingerprint density at radius 2 is 2.00 bits per heavy atom. The first kappa shape index (κ1) is 15.1. The number of hydrogen-bond acceptors (Lipinski definition) is 3. The SMILES string of the molecule is CC1CCCN(C(=O)N2CCOC(C)(C)C2)C1C(=O)O. The van der Waals surface area contributed by atoms with E-state index in [1.807, 2.05) is 20.8 Å². The van der Waals surface area contributed by atoms with Crippen LogP contribution in [0.4, 0.5) is 4.79 Å². The zero-order valence-electron chi connectivity index (χ0n) is 12.5. The molecule has 114 valence electrons. The summed E-state index contributed by atoms with van der Waals surface area (Å²) in [6, 6.07) is -0.873. The summed E-state index contributed by atoms with van der Waals surface area (Å²) >= 11 is 0. The van der Waals surface area contributed by atoms with E-state index in [9.17, 15) is 14.7 Å². The van der Waals surface area contributed by atoms with Gasteiger partial charge in [0.25, 0.3) is 0 Å². The molecule has 0 bridgehead atoms. The highest BCUT2D eigenvalue weighted by Crippen LogP contribution is 2.26. The molecule has 2 aliphatic heterocycles. The molecule has 2 atom stereocenters. The minimum atomic E-state index is -0.905. The first-order valence-corrected chi connectivity index (χ1v) is 7.24. The van der Waals surface area contributed by atoms with E-state index >= 15 is 0 Å². The molecule has 2 amide bonds. The van der Waals surface area contributed by atoms with Crippen molar-refractivity contribution < 1.29 is 19.4 Å². The lowest BCUT2D eigenvalue weighted by molar-refractivity contribution is -0.145. The Labute approximate surface area is 119 Å². The van der Waals surface area contributed by atoms with Gasteiger partial charge < -0.3 is 19.6 Å². The summed E-state index contributed by atoms with van der Waals surface area (Å²) in [6.07, 6.45) is 1.72. The summed E-state index contributed by atoms with van der Waals surface area (Å²) in [5, 5.41) is 9.39. The fourth-order valence-electron chi connectivity index (χ4n) is 3.14. The lowest BCUT2D eigenvalue weighted by Crippen LogP contribution is -2.60. The third kappa shape index (κ3) is 3.06. The summed E-state index contributed by atoms with van der Waals surface area (Å²) < 4.78 is 5.60. The van der Waals surface area contributed by atoms with Gasteiger partial charge in [0.05, 0.1) is 18.8 Å². The molecule has 2 rings (SSSR count). The van der Waals surface area contributed by atoms with E-state index in [0.29, 0.717) is 26.2 Å². The number of aliphatic carboxylic acids is 1. The first-order chi connectivity index (χ1) is 9.32. The van der Waals surface area contributed by atoms with Gasteiger partial charge in [-0.2, -0.15) is 0 Å². The van der Waals surface area contributed by atoms with Gasteiger partial charge in [-0.25, -0.2) is 9.59 Å². The van der Waals surface area contributed by atoms with E-state index in [4.69, 9.17) is 4.74 Å². The molecular weight excluding hydrogens is 260 g/mol. The molecule has 6 nitrogen and oxygen atoms in total. The van der Waals surface area contributed by atoms with E-state index in [1.54, 1.807) is 4.90 Å². The van der Waals surface area contributed by atoms with Gasteiger partial charge in [0, 0.05) is 13.1 Å². The van der Waals surface area contributed by atoms with Crippen molar-refractivity contribution in [2.45, 2.75) is 45.3 Å². The van der Waals surface area contributed by atoms with Gasteiger partial charge in [0.1, 0.15) is 6.04 Å². The highest BCUT2D eigenvalue weighted by molar-refractivity contribution is 5.83. The number of nitrogens with zero attached hydrogens (tertiary/aromatic N) is 2. The second-order valence-electron chi connectivity index (χ2n) is 6.41. The van der Waals surface area contributed by atoms with E-state index < -0.39 is 12.0 Å². The van der Waals surface area contributed by atoms with Gasteiger partial charge >= 0.3 is 12.0 Å². The summed E-state index contributed by atoms with van der Waals surface area (Å²) in [6.45, 7) is 7.85. The maximum Gasteiger partial charge on any atom is 0.326 e. The predicted octanol–water partition coefficient (Wildman–Crippen LogP) is 1.40. The molecule has 2 unspecified atom stereocenters. The Morgan fingerprint density at radius 1 is 1.30 bits per heavy atom. The van der Waals surface area contributed by atoms with Crippen LogP contribution in [0.2, 0.25) is 0 Å². The van der Waals surface area contributed by atoms with E-state index in [2.05, 4.69) is 0 Å². The monoisotopic (exact) mass is 284 g/mol. The fraction of sp³-hybridized carbons (Fsp3) is 0.857. The van der Waals surface area contributed by atoms with Crippen molar-refractivity contribution in [2.75, 3.05) is 26.2 Å². The molecule has 0 spiro atoms. The molecule has 0 aromatic carbocycles. The maximum atomic E-state index is 12.6. The van der Waals surface area contributed by atoms with Gasteiger partial charge in [-0.1, -0.05) is 6.92 Å². The number of carboxylic acid groups (broad SMARTS) is 1. The second kappa shape index (κ2) is 5.60. The molecule has 2 fully saturated rings. The summed E-state index contributed by atoms with van der Waals surface area (Å²) in [5.41, 5.74) is -0.367. The highest BCUT2D eigenvalue weighted by atomic mass is 16.5. The van der Waals surface area contributed by atoms with E-state index in [-0.39, 0.29) is 17.6 Å². The molecular formula is C14H24N2O4. The van der Waals surface area contributed by atoms with Crippen LogP contribution in [0.3, 0.4) is 0 Å². The van der Waals surface area contributed by atoms with Crippen LogP contribution in [-0.4, -0.2) is 64.8 Å². The standard InChI is InChI=1S/C14H24N2O4/c1-10-5-4-6-16(11(10)12(17)18)13(19)15-7-8-20-14(2,3)9-15/h10-11H,4-9H2,1-3H3,(H,17,18). The van der Waals surface area contributed by atoms with Crippen LogP contribution in [0.15, 0.2) is 0 Å². The number of rotatable bonds is 1. The number of urea groups is 1. The average molecular weight is 284 g/mol. The van der Waals surface area contributed by atoms with Crippen molar-refractivity contribution in [3.63, 3.8) is 0 Å². The zero-order chi connectivity index (χ0) is 14.9. The quantitative estimate of drug-likeness (QED) is 0.790. The van der Waals surface area contributed by atoms with Crippen molar-refractivity contribution >= 4 is 12.0 Å². The fourth-order valence-corrected chi connectivity index (χ4v) is 3.14. The molecule has 2 aliphatic rings. The number of morpholine rings is 1. The molecule has 6 heteroatoms. The molecule has 0 aliphatic carbocycles. The van der Waals surface area contributed by atoms with Crippen LogP contribution in [0.5, 0.6) is 0 Å². The van der Waals surface area contributed by atoms with E-state index in [0.717, 1.165) is 12.8 Å². The van der Waals surface area contributed by atoms with Crippen molar-refractivity contribution in [3.05, 3.63) is 0 Å². The van der Waals surface area contributed by atoms with Crippen LogP contribution in [0.1, 0.15) is 33.6 Å². The predicted molar refractivity (Wildman–Crippen MR) is 73.5 cm³/mol. The molecule has 0 radical (unpaired) electrons. The van der Waals surface area contributed by atoms with Crippen LogP contribution in [-0.2, 0) is 9.53 Å². The van der Waals surface area contributed by atoms with Gasteiger partial charge in [-0.05, 0) is 32.6 Å². The lowest BCUT2D eigenvalue weighted by Gasteiger charge is -2.44. The molecule has 2 saturated heterocycles. The lowest BCUT2D eigenvalue weighted by atomic mass is 9.91. The highest BCUT2D eigenvalue weighted by Gasteiger charge is 2.40. The number of amides is 2. The summed E-state index contributed by atoms with van der Waals surface area (Å²) in [4.78, 5) is 27.3.